The van der Waals surface area contributed by atoms with Gasteiger partial charge in [0.15, 0.2) is 0 Å². The van der Waals surface area contributed by atoms with Crippen LogP contribution in [0, 0.1) is 22.9 Å². The average molecular weight is 320 g/mol. The lowest BCUT2D eigenvalue weighted by Crippen LogP contribution is -2.40. The molecule has 1 aromatic carbocycles. The third kappa shape index (κ3) is 3.70. The number of benzene rings is 1. The van der Waals surface area contributed by atoms with Crippen molar-refractivity contribution in [2.24, 2.45) is 5.41 Å². The van der Waals surface area contributed by atoms with Crippen LogP contribution in [0.2, 0.25) is 0 Å². The van der Waals surface area contributed by atoms with Crippen LogP contribution >= 0.6 is 11.6 Å². The molecule has 0 heterocycles. The topological polar surface area (TPSA) is 29.1 Å². The van der Waals surface area contributed by atoms with E-state index in [1.807, 2.05) is 0 Å². The van der Waals surface area contributed by atoms with Crippen molar-refractivity contribution < 1.29 is 18.0 Å². The van der Waals surface area contributed by atoms with Gasteiger partial charge in [0.05, 0.1) is 0 Å². The fraction of sp³-hybridized carbons (Fsp3) is 0.533. The lowest BCUT2D eigenvalue weighted by molar-refractivity contribution is 0.0912. The Bertz CT molecular complexity index is 507. The molecule has 1 saturated carbocycles. The Kier molecular flexibility index (Phi) is 5.14. The van der Waals surface area contributed by atoms with E-state index >= 15 is 0 Å². The van der Waals surface area contributed by atoms with Gasteiger partial charge in [0.25, 0.3) is 5.91 Å². The van der Waals surface area contributed by atoms with E-state index in [2.05, 4.69) is 5.32 Å². The minimum atomic E-state index is -1.20. The predicted molar refractivity (Wildman–Crippen MR) is 74.9 cm³/mol. The number of carbonyl (C=O) groups excluding carboxylic acids is 1. The van der Waals surface area contributed by atoms with Crippen LogP contribution in [-0.2, 0) is 0 Å². The van der Waals surface area contributed by atoms with Crippen LogP contribution in [0.1, 0.15) is 42.5 Å². The summed E-state index contributed by atoms with van der Waals surface area (Å²) >= 11 is 6.00. The summed E-state index contributed by atoms with van der Waals surface area (Å²) in [5.74, 6) is -3.94. The van der Waals surface area contributed by atoms with Crippen molar-refractivity contribution in [3.63, 3.8) is 0 Å². The molecule has 0 aliphatic heterocycles. The van der Waals surface area contributed by atoms with E-state index in [-0.39, 0.29) is 12.0 Å². The largest absolute Gasteiger partial charge is 0.351 e. The van der Waals surface area contributed by atoms with Crippen LogP contribution in [0.3, 0.4) is 0 Å². The normalized spacial score (nSPS) is 17.5. The lowest BCUT2D eigenvalue weighted by atomic mass is 9.75. The van der Waals surface area contributed by atoms with Crippen LogP contribution in [0.5, 0.6) is 0 Å². The van der Waals surface area contributed by atoms with Gasteiger partial charge in [-0.15, -0.1) is 11.6 Å². The quantitative estimate of drug-likeness (QED) is 0.834. The second kappa shape index (κ2) is 6.69. The Morgan fingerprint density at radius 3 is 2.24 bits per heavy atom. The van der Waals surface area contributed by atoms with E-state index in [4.69, 9.17) is 11.6 Å². The van der Waals surface area contributed by atoms with Crippen molar-refractivity contribution in [3.8, 4) is 0 Å². The van der Waals surface area contributed by atoms with E-state index in [1.54, 1.807) is 0 Å². The maximum atomic E-state index is 13.5. The molecule has 116 valence electrons. The van der Waals surface area contributed by atoms with E-state index in [1.165, 1.54) is 0 Å². The van der Waals surface area contributed by atoms with Crippen molar-refractivity contribution in [1.29, 1.82) is 0 Å². The van der Waals surface area contributed by atoms with Crippen LogP contribution in [0.4, 0.5) is 13.2 Å². The predicted octanol–water partition coefficient (Wildman–Crippen LogP) is 4.02. The summed E-state index contributed by atoms with van der Waals surface area (Å²) in [5.41, 5.74) is -0.973. The molecule has 0 aromatic heterocycles. The van der Waals surface area contributed by atoms with Crippen LogP contribution in [0.15, 0.2) is 12.1 Å². The van der Waals surface area contributed by atoms with Gasteiger partial charge in [-0.2, -0.15) is 0 Å². The first-order valence-corrected chi connectivity index (χ1v) is 7.50. The Morgan fingerprint density at radius 2 is 1.71 bits per heavy atom. The molecule has 2 rings (SSSR count). The van der Waals surface area contributed by atoms with Gasteiger partial charge in [-0.3, -0.25) is 4.79 Å². The summed E-state index contributed by atoms with van der Waals surface area (Å²) in [5, 5.41) is 2.54. The molecule has 21 heavy (non-hydrogen) atoms. The second-order valence-electron chi connectivity index (χ2n) is 5.62. The Hall–Kier alpha value is -1.23. The van der Waals surface area contributed by atoms with Gasteiger partial charge < -0.3 is 5.32 Å². The molecule has 0 spiro atoms. The molecule has 1 amide bonds. The second-order valence-corrected chi connectivity index (χ2v) is 5.89. The van der Waals surface area contributed by atoms with Crippen molar-refractivity contribution in [1.82, 2.24) is 5.32 Å². The zero-order chi connectivity index (χ0) is 15.5. The molecule has 2 nitrogen and oxygen atoms in total. The van der Waals surface area contributed by atoms with E-state index < -0.39 is 28.9 Å². The third-order valence-corrected chi connectivity index (χ3v) is 4.62. The molecule has 1 aliphatic carbocycles. The molecule has 1 aliphatic rings. The molecule has 0 unspecified atom stereocenters. The molecule has 0 radical (unpaired) electrons. The van der Waals surface area contributed by atoms with Gasteiger partial charge in [-0.05, 0) is 12.8 Å². The van der Waals surface area contributed by atoms with Crippen molar-refractivity contribution in [2.45, 2.75) is 32.1 Å². The number of nitrogens with one attached hydrogen (secondary N) is 1. The first kappa shape index (κ1) is 16.1. The van der Waals surface area contributed by atoms with E-state index in [0.717, 1.165) is 32.1 Å². The van der Waals surface area contributed by atoms with Crippen molar-refractivity contribution >= 4 is 17.5 Å². The SMILES string of the molecule is O=C(NCC1(CCl)CCCCC1)c1c(F)cc(F)cc1F. The first-order valence-electron chi connectivity index (χ1n) is 6.96. The Labute approximate surface area is 126 Å². The van der Waals surface area contributed by atoms with Gasteiger partial charge in [0.1, 0.15) is 23.0 Å². The highest BCUT2D eigenvalue weighted by Crippen LogP contribution is 2.36. The molecule has 6 heteroatoms. The van der Waals surface area contributed by atoms with Crippen LogP contribution in [-0.4, -0.2) is 18.3 Å². The molecule has 0 saturated heterocycles. The lowest BCUT2D eigenvalue weighted by Gasteiger charge is -2.35. The maximum absolute atomic E-state index is 13.5. The van der Waals surface area contributed by atoms with E-state index in [0.29, 0.717) is 18.0 Å². The highest BCUT2D eigenvalue weighted by Gasteiger charge is 2.32. The highest BCUT2D eigenvalue weighted by atomic mass is 35.5. The summed E-state index contributed by atoms with van der Waals surface area (Å²) in [7, 11) is 0. The molecule has 1 fully saturated rings. The number of carbonyl (C=O) groups is 1. The summed E-state index contributed by atoms with van der Waals surface area (Å²) in [6.45, 7) is 0.269. The smallest absolute Gasteiger partial charge is 0.257 e. The standard InChI is InChI=1S/C15H17ClF3NO/c16-8-15(4-2-1-3-5-15)9-20-14(21)13-11(18)6-10(17)7-12(13)19/h6-7H,1-5,8-9H2,(H,20,21). The summed E-state index contributed by atoms with van der Waals surface area (Å²) in [6, 6.07) is 0.992. The van der Waals surface area contributed by atoms with Gasteiger partial charge >= 0.3 is 0 Å². The van der Waals surface area contributed by atoms with Crippen LogP contribution < -0.4 is 5.32 Å². The molecule has 1 aromatic rings. The summed E-state index contributed by atoms with van der Waals surface area (Å²) in [6.07, 6.45) is 4.95. The fourth-order valence-electron chi connectivity index (χ4n) is 2.77. The molecule has 1 N–H and O–H groups in total. The summed E-state index contributed by atoms with van der Waals surface area (Å²) < 4.78 is 39.9. The Balaban J connectivity index is 2.08. The average Bonchev–Trinajstić information content (AvgIpc) is 2.45. The zero-order valence-electron chi connectivity index (χ0n) is 11.5. The van der Waals surface area contributed by atoms with E-state index in [9.17, 15) is 18.0 Å². The minimum Gasteiger partial charge on any atom is -0.351 e. The fourth-order valence-corrected chi connectivity index (χ4v) is 3.14. The Morgan fingerprint density at radius 1 is 1.14 bits per heavy atom. The monoisotopic (exact) mass is 319 g/mol. The van der Waals surface area contributed by atoms with Crippen molar-refractivity contribution in [2.75, 3.05) is 12.4 Å². The number of halogens is 4. The molecular formula is C15H17ClF3NO. The molecule has 0 bridgehead atoms. The minimum absolute atomic E-state index is 0.220. The van der Waals surface area contributed by atoms with Crippen LogP contribution in [0.25, 0.3) is 0 Å². The number of rotatable bonds is 4. The number of hydrogen-bond acceptors (Lipinski definition) is 1. The van der Waals surface area contributed by atoms with Crippen molar-refractivity contribution in [3.05, 3.63) is 35.1 Å². The zero-order valence-corrected chi connectivity index (χ0v) is 12.3. The summed E-state index contributed by atoms with van der Waals surface area (Å²) in [4.78, 5) is 11.9. The maximum Gasteiger partial charge on any atom is 0.257 e. The van der Waals surface area contributed by atoms with Gasteiger partial charge in [-0.1, -0.05) is 19.3 Å². The van der Waals surface area contributed by atoms with Gasteiger partial charge in [0.2, 0.25) is 0 Å². The van der Waals surface area contributed by atoms with Gasteiger partial charge in [-0.25, -0.2) is 13.2 Å². The third-order valence-electron chi connectivity index (χ3n) is 4.06. The number of alkyl halides is 1. The number of hydrogen-bond donors (Lipinski definition) is 1. The van der Waals surface area contributed by atoms with Gasteiger partial charge in [0, 0.05) is 30.0 Å². The number of amides is 1. The molecular weight excluding hydrogens is 303 g/mol. The highest BCUT2D eigenvalue weighted by molar-refractivity contribution is 6.18. The first-order chi connectivity index (χ1) is 9.97. The molecule has 0 atom stereocenters.